The maximum absolute atomic E-state index is 12.8. The fourth-order valence-electron chi connectivity index (χ4n) is 3.53. The summed E-state index contributed by atoms with van der Waals surface area (Å²) in [6, 6.07) is 8.21. The average Bonchev–Trinajstić information content (AvgIpc) is 3.21. The minimum absolute atomic E-state index is 0.204. The molecule has 0 aliphatic heterocycles. The molecule has 0 spiro atoms. The number of rotatable bonds is 8. The third-order valence-corrected chi connectivity index (χ3v) is 5.86. The Morgan fingerprint density at radius 3 is 2.88 bits per heavy atom. The van der Waals surface area contributed by atoms with E-state index in [-0.39, 0.29) is 11.3 Å². The van der Waals surface area contributed by atoms with Gasteiger partial charge in [0, 0.05) is 26.2 Å². The smallest absolute Gasteiger partial charge is 0.226 e. The average molecular weight is 346 g/mol. The van der Waals surface area contributed by atoms with Gasteiger partial charge in [-0.25, -0.2) is 4.98 Å². The number of fused-ring (bicyclic) bond motifs is 1. The molecule has 5 heteroatoms. The molecule has 0 atom stereocenters. The Morgan fingerprint density at radius 2 is 2.12 bits per heavy atom. The van der Waals surface area contributed by atoms with Gasteiger partial charge in [-0.05, 0) is 38.3 Å². The number of amides is 1. The molecule has 1 aliphatic carbocycles. The summed E-state index contributed by atoms with van der Waals surface area (Å²) in [6.45, 7) is 4.13. The second-order valence-electron chi connectivity index (χ2n) is 6.55. The number of carbonyl (C=O) groups is 1. The van der Waals surface area contributed by atoms with Crippen molar-refractivity contribution in [2.24, 2.45) is 5.41 Å². The maximum Gasteiger partial charge on any atom is 0.226 e. The van der Waals surface area contributed by atoms with E-state index in [1.165, 1.54) is 4.70 Å². The van der Waals surface area contributed by atoms with Crippen LogP contribution in [0, 0.1) is 5.41 Å². The van der Waals surface area contributed by atoms with E-state index in [1.807, 2.05) is 25.1 Å². The van der Waals surface area contributed by atoms with Crippen LogP contribution < -0.4 is 5.32 Å². The van der Waals surface area contributed by atoms with Gasteiger partial charge < -0.3 is 10.1 Å². The SMILES string of the molecule is CCOCCCNC(=O)C1(Cc2nc3ccccc3s2)CCCC1. The quantitative estimate of drug-likeness (QED) is 0.737. The number of benzene rings is 1. The van der Waals surface area contributed by atoms with Crippen molar-refractivity contribution in [2.45, 2.75) is 45.4 Å². The van der Waals surface area contributed by atoms with E-state index < -0.39 is 0 Å². The lowest BCUT2D eigenvalue weighted by Gasteiger charge is -2.26. The highest BCUT2D eigenvalue weighted by Gasteiger charge is 2.41. The van der Waals surface area contributed by atoms with E-state index >= 15 is 0 Å². The van der Waals surface area contributed by atoms with E-state index in [9.17, 15) is 4.79 Å². The van der Waals surface area contributed by atoms with Crippen molar-refractivity contribution < 1.29 is 9.53 Å². The van der Waals surface area contributed by atoms with Crippen molar-refractivity contribution >= 4 is 27.5 Å². The number of thiazole rings is 1. The number of nitrogens with one attached hydrogen (secondary N) is 1. The van der Waals surface area contributed by atoms with Gasteiger partial charge in [-0.15, -0.1) is 11.3 Å². The maximum atomic E-state index is 12.8. The third kappa shape index (κ3) is 3.95. The highest BCUT2D eigenvalue weighted by molar-refractivity contribution is 7.18. The van der Waals surface area contributed by atoms with Crippen LogP contribution in [-0.2, 0) is 16.0 Å². The molecule has 1 heterocycles. The zero-order valence-electron chi connectivity index (χ0n) is 14.3. The fraction of sp³-hybridized carbons (Fsp3) is 0.579. The van der Waals surface area contributed by atoms with Crippen molar-refractivity contribution in [3.8, 4) is 0 Å². The Labute approximate surface area is 147 Å². The zero-order chi connectivity index (χ0) is 16.8. The first-order chi connectivity index (χ1) is 11.7. The summed E-state index contributed by atoms with van der Waals surface area (Å²) in [7, 11) is 0. The largest absolute Gasteiger partial charge is 0.382 e. The second-order valence-corrected chi connectivity index (χ2v) is 7.66. The molecule has 1 N–H and O–H groups in total. The fourth-order valence-corrected chi connectivity index (χ4v) is 4.64. The molecule has 1 aromatic carbocycles. The summed E-state index contributed by atoms with van der Waals surface area (Å²) in [5.41, 5.74) is 0.780. The molecular weight excluding hydrogens is 320 g/mol. The highest BCUT2D eigenvalue weighted by atomic mass is 32.1. The highest BCUT2D eigenvalue weighted by Crippen LogP contribution is 2.42. The molecule has 1 aliphatic rings. The first-order valence-corrected chi connectivity index (χ1v) is 9.76. The molecule has 1 fully saturated rings. The molecule has 1 aromatic heterocycles. The molecule has 1 saturated carbocycles. The van der Waals surface area contributed by atoms with E-state index in [1.54, 1.807) is 11.3 Å². The minimum atomic E-state index is -0.264. The Kier molecular flexibility index (Phi) is 5.85. The van der Waals surface area contributed by atoms with Crippen molar-refractivity contribution in [1.82, 2.24) is 10.3 Å². The summed E-state index contributed by atoms with van der Waals surface area (Å²) >= 11 is 1.72. The lowest BCUT2D eigenvalue weighted by atomic mass is 9.82. The third-order valence-electron chi connectivity index (χ3n) is 4.83. The summed E-state index contributed by atoms with van der Waals surface area (Å²) in [5, 5.41) is 4.22. The normalized spacial score (nSPS) is 16.5. The van der Waals surface area contributed by atoms with Gasteiger partial charge in [0.2, 0.25) is 5.91 Å². The molecule has 130 valence electrons. The van der Waals surface area contributed by atoms with Gasteiger partial charge in [-0.3, -0.25) is 4.79 Å². The van der Waals surface area contributed by atoms with Crippen LogP contribution in [0.4, 0.5) is 0 Å². The van der Waals surface area contributed by atoms with Crippen LogP contribution in [0.25, 0.3) is 10.2 Å². The summed E-state index contributed by atoms with van der Waals surface area (Å²) in [5.74, 6) is 0.204. The van der Waals surface area contributed by atoms with Crippen LogP contribution >= 0.6 is 11.3 Å². The number of ether oxygens (including phenoxy) is 1. The van der Waals surface area contributed by atoms with Gasteiger partial charge in [0.05, 0.1) is 20.6 Å². The lowest BCUT2D eigenvalue weighted by Crippen LogP contribution is -2.41. The van der Waals surface area contributed by atoms with Crippen LogP contribution in [0.5, 0.6) is 0 Å². The van der Waals surface area contributed by atoms with Crippen molar-refractivity contribution in [2.75, 3.05) is 19.8 Å². The summed E-state index contributed by atoms with van der Waals surface area (Å²) < 4.78 is 6.54. The van der Waals surface area contributed by atoms with Crippen LogP contribution in [-0.4, -0.2) is 30.6 Å². The second kappa shape index (κ2) is 8.08. The zero-order valence-corrected chi connectivity index (χ0v) is 15.2. The van der Waals surface area contributed by atoms with Crippen LogP contribution in [0.15, 0.2) is 24.3 Å². The topological polar surface area (TPSA) is 51.2 Å². The van der Waals surface area contributed by atoms with Crippen LogP contribution in [0.3, 0.4) is 0 Å². The molecule has 1 amide bonds. The Hall–Kier alpha value is -1.46. The number of aromatic nitrogens is 1. The number of nitrogens with zero attached hydrogens (tertiary/aromatic N) is 1. The Bertz CT molecular complexity index is 644. The van der Waals surface area contributed by atoms with Crippen molar-refractivity contribution in [3.05, 3.63) is 29.3 Å². The first kappa shape index (κ1) is 17.4. The predicted octanol–water partition coefficient (Wildman–Crippen LogP) is 3.94. The van der Waals surface area contributed by atoms with Gasteiger partial charge >= 0.3 is 0 Å². The summed E-state index contributed by atoms with van der Waals surface area (Å²) in [4.78, 5) is 17.6. The number of hydrogen-bond acceptors (Lipinski definition) is 4. The minimum Gasteiger partial charge on any atom is -0.382 e. The van der Waals surface area contributed by atoms with Crippen LogP contribution in [0.2, 0.25) is 0 Å². The molecule has 0 bridgehead atoms. The first-order valence-electron chi connectivity index (χ1n) is 8.94. The predicted molar refractivity (Wildman–Crippen MR) is 98.3 cm³/mol. The molecule has 0 radical (unpaired) electrons. The van der Waals surface area contributed by atoms with Gasteiger partial charge in [-0.2, -0.15) is 0 Å². The monoisotopic (exact) mass is 346 g/mol. The van der Waals surface area contributed by atoms with Crippen LogP contribution in [0.1, 0.15) is 44.0 Å². The molecule has 4 nitrogen and oxygen atoms in total. The molecule has 0 saturated heterocycles. The van der Waals surface area contributed by atoms with Gasteiger partial charge in [0.25, 0.3) is 0 Å². The lowest BCUT2D eigenvalue weighted by molar-refractivity contribution is -0.130. The molecule has 0 unspecified atom stereocenters. The molecule has 2 aromatic rings. The Balaban J connectivity index is 1.65. The molecule has 3 rings (SSSR count). The standard InChI is InChI=1S/C19H26N2O2S/c1-2-23-13-7-12-20-18(22)19(10-5-6-11-19)14-17-21-15-8-3-4-9-16(15)24-17/h3-4,8-9H,2,5-7,10-14H2,1H3,(H,20,22). The van der Waals surface area contributed by atoms with Gasteiger partial charge in [0.15, 0.2) is 0 Å². The summed E-state index contributed by atoms with van der Waals surface area (Å²) in [6.07, 6.45) is 5.86. The van der Waals surface area contributed by atoms with E-state index in [4.69, 9.17) is 9.72 Å². The van der Waals surface area contributed by atoms with Gasteiger partial charge in [0.1, 0.15) is 0 Å². The molecular formula is C19H26N2O2S. The Morgan fingerprint density at radius 1 is 1.33 bits per heavy atom. The molecule has 24 heavy (non-hydrogen) atoms. The number of carbonyl (C=O) groups excluding carboxylic acids is 1. The van der Waals surface area contributed by atoms with E-state index in [2.05, 4.69) is 11.4 Å². The van der Waals surface area contributed by atoms with Gasteiger partial charge in [-0.1, -0.05) is 25.0 Å². The van der Waals surface area contributed by atoms with Crippen molar-refractivity contribution in [3.63, 3.8) is 0 Å². The van der Waals surface area contributed by atoms with E-state index in [0.717, 1.165) is 55.7 Å². The van der Waals surface area contributed by atoms with Crippen molar-refractivity contribution in [1.29, 1.82) is 0 Å². The van der Waals surface area contributed by atoms with E-state index in [0.29, 0.717) is 13.2 Å². The number of hydrogen-bond donors (Lipinski definition) is 1. The number of para-hydroxylation sites is 1.